The van der Waals surface area contributed by atoms with Crippen molar-refractivity contribution in [1.82, 2.24) is 9.55 Å². The quantitative estimate of drug-likeness (QED) is 0.281. The first-order valence-electron chi connectivity index (χ1n) is 9.19. The van der Waals surface area contributed by atoms with E-state index in [1.807, 2.05) is 28.8 Å². The van der Waals surface area contributed by atoms with Crippen LogP contribution in [0.25, 0.3) is 15.8 Å². The van der Waals surface area contributed by atoms with E-state index in [2.05, 4.69) is 20.9 Å². The minimum Gasteiger partial charge on any atom is -0.487 e. The van der Waals surface area contributed by atoms with Crippen molar-refractivity contribution in [2.75, 3.05) is 0 Å². The van der Waals surface area contributed by atoms with Gasteiger partial charge in [-0.2, -0.15) is 8.78 Å². The van der Waals surface area contributed by atoms with Crippen LogP contribution in [0.4, 0.5) is 8.78 Å². The number of primary amides is 1. The number of alkyl halides is 2. The molecule has 172 valence electrons. The lowest BCUT2D eigenvalue weighted by molar-refractivity contribution is 0.0595. The summed E-state index contributed by atoms with van der Waals surface area (Å²) in [7, 11) is -5.80. The molecule has 0 aliphatic rings. The number of nitrogens with two attached hydrogens (primary N) is 1. The average Bonchev–Trinajstić information content (AvgIpc) is 3.40. The highest BCUT2D eigenvalue weighted by molar-refractivity contribution is 9.10. The molecule has 0 unspecified atom stereocenters. The van der Waals surface area contributed by atoms with Crippen molar-refractivity contribution in [3.05, 3.63) is 75.6 Å². The fourth-order valence-corrected chi connectivity index (χ4v) is 6.03. The summed E-state index contributed by atoms with van der Waals surface area (Å²) in [6, 6.07) is 9.88. The van der Waals surface area contributed by atoms with Crippen LogP contribution < -0.4 is 10.5 Å². The molecule has 0 radical (unpaired) electrons. The van der Waals surface area contributed by atoms with Gasteiger partial charge >= 0.3 is 13.3 Å². The van der Waals surface area contributed by atoms with Gasteiger partial charge in [0.05, 0.1) is 11.0 Å². The Morgan fingerprint density at radius 2 is 1.97 bits per heavy atom. The molecule has 1 amide bonds. The van der Waals surface area contributed by atoms with E-state index in [9.17, 15) is 18.1 Å². The standard InChI is InChI=1S/C20H15BrF2N3O5PS/c21-16-14-7-12(19(24)27)8-15(17(14)33-18(16)20(22,23)32(28,29)30)31-9-11-1-3-13(4-2-11)26-6-5-25-10-26/h1-8,10H,9H2,(H2,24,27)(H2,28,29,30). The maximum Gasteiger partial charge on any atom is 0.400 e. The number of carbonyl (C=O) groups is 1. The van der Waals surface area contributed by atoms with Crippen molar-refractivity contribution in [3.8, 4) is 11.4 Å². The summed E-state index contributed by atoms with van der Waals surface area (Å²) in [5.74, 6) is -0.730. The molecule has 0 atom stereocenters. The topological polar surface area (TPSA) is 128 Å². The second-order valence-electron chi connectivity index (χ2n) is 6.97. The van der Waals surface area contributed by atoms with Gasteiger partial charge in [-0.3, -0.25) is 9.36 Å². The third kappa shape index (κ3) is 4.44. The normalized spacial score (nSPS) is 12.3. The minimum atomic E-state index is -5.80. The first kappa shape index (κ1) is 23.5. The molecule has 0 spiro atoms. The lowest BCUT2D eigenvalue weighted by Gasteiger charge is -2.16. The van der Waals surface area contributed by atoms with Crippen molar-refractivity contribution in [2.45, 2.75) is 12.3 Å². The molecule has 4 aromatic rings. The zero-order valence-electron chi connectivity index (χ0n) is 16.5. The smallest absolute Gasteiger partial charge is 0.400 e. The summed E-state index contributed by atoms with van der Waals surface area (Å²) in [4.78, 5) is 33.2. The third-order valence-electron chi connectivity index (χ3n) is 4.75. The van der Waals surface area contributed by atoms with Gasteiger partial charge in [-0.05, 0) is 45.8 Å². The lowest BCUT2D eigenvalue weighted by Crippen LogP contribution is -2.12. The van der Waals surface area contributed by atoms with Crippen LogP contribution >= 0.6 is 34.9 Å². The van der Waals surface area contributed by atoms with Gasteiger partial charge in [0, 0.05) is 33.5 Å². The number of carbonyl (C=O) groups excluding carboxylic acids is 1. The van der Waals surface area contributed by atoms with Crippen molar-refractivity contribution in [3.63, 3.8) is 0 Å². The van der Waals surface area contributed by atoms with Crippen LogP contribution in [0.1, 0.15) is 20.8 Å². The van der Waals surface area contributed by atoms with Gasteiger partial charge in [-0.25, -0.2) is 4.98 Å². The molecule has 0 fully saturated rings. The SMILES string of the molecule is NC(=O)c1cc(OCc2ccc(-n3ccnc3)cc2)c2sc(C(F)(F)P(=O)(O)O)c(Br)c2c1. The van der Waals surface area contributed by atoms with Crippen molar-refractivity contribution >= 4 is 50.9 Å². The Labute approximate surface area is 197 Å². The summed E-state index contributed by atoms with van der Waals surface area (Å²) in [5, 5.41) is 0.130. The van der Waals surface area contributed by atoms with Gasteiger partial charge in [0.2, 0.25) is 5.91 Å². The van der Waals surface area contributed by atoms with E-state index in [1.54, 1.807) is 18.7 Å². The van der Waals surface area contributed by atoms with Crippen molar-refractivity contribution < 1.29 is 32.7 Å². The Balaban J connectivity index is 1.71. The Morgan fingerprint density at radius 1 is 1.27 bits per heavy atom. The highest BCUT2D eigenvalue weighted by atomic mass is 79.9. The number of hydrogen-bond acceptors (Lipinski definition) is 5. The molecule has 13 heteroatoms. The number of rotatable bonds is 7. The van der Waals surface area contributed by atoms with Crippen LogP contribution in [-0.2, 0) is 16.8 Å². The van der Waals surface area contributed by atoms with Gasteiger partial charge in [0.1, 0.15) is 17.2 Å². The van der Waals surface area contributed by atoms with Crippen LogP contribution in [0.2, 0.25) is 0 Å². The number of halogens is 3. The zero-order chi connectivity index (χ0) is 24.0. The van der Waals surface area contributed by atoms with E-state index < -0.39 is 24.0 Å². The largest absolute Gasteiger partial charge is 0.487 e. The summed E-state index contributed by atoms with van der Waals surface area (Å²) in [5.41, 5.74) is 2.57. The molecule has 2 aromatic carbocycles. The molecule has 0 bridgehead atoms. The number of nitrogens with zero attached hydrogens (tertiary/aromatic N) is 2. The Kier molecular flexibility index (Phi) is 6.14. The van der Waals surface area contributed by atoms with Crippen molar-refractivity contribution in [2.24, 2.45) is 5.73 Å². The summed E-state index contributed by atoms with van der Waals surface area (Å²) < 4.78 is 47.8. The lowest BCUT2D eigenvalue weighted by atomic mass is 10.1. The molecule has 2 aromatic heterocycles. The Hall–Kier alpha value is -2.63. The number of imidazole rings is 1. The third-order valence-corrected chi connectivity index (χ3v) is 8.23. The molecule has 2 heterocycles. The summed E-state index contributed by atoms with van der Waals surface area (Å²) >= 11 is 3.46. The Morgan fingerprint density at radius 3 is 2.55 bits per heavy atom. The van der Waals surface area contributed by atoms with Gasteiger partial charge in [-0.15, -0.1) is 11.3 Å². The van der Waals surface area contributed by atoms with E-state index in [0.717, 1.165) is 11.3 Å². The zero-order valence-corrected chi connectivity index (χ0v) is 19.8. The molecule has 0 saturated carbocycles. The van der Waals surface area contributed by atoms with Crippen molar-refractivity contribution in [1.29, 1.82) is 0 Å². The number of benzene rings is 2. The molecular weight excluding hydrogens is 543 g/mol. The number of hydrogen-bond donors (Lipinski definition) is 3. The van der Waals surface area contributed by atoms with E-state index in [0.29, 0.717) is 11.3 Å². The molecule has 33 heavy (non-hydrogen) atoms. The van der Waals surface area contributed by atoms with Gasteiger partial charge in [0.15, 0.2) is 0 Å². The Bertz CT molecular complexity index is 1390. The molecule has 0 aliphatic heterocycles. The van der Waals surface area contributed by atoms with E-state index in [4.69, 9.17) is 20.3 Å². The first-order valence-corrected chi connectivity index (χ1v) is 12.4. The van der Waals surface area contributed by atoms with Gasteiger partial charge in [-0.1, -0.05) is 12.1 Å². The molecule has 8 nitrogen and oxygen atoms in total. The summed E-state index contributed by atoms with van der Waals surface area (Å²) in [6.07, 6.45) is 5.09. The minimum absolute atomic E-state index is 0.00231. The first-order chi connectivity index (χ1) is 15.5. The van der Waals surface area contributed by atoms with Crippen LogP contribution in [0.3, 0.4) is 0 Å². The second kappa shape index (κ2) is 8.62. The maximum absolute atomic E-state index is 14.4. The van der Waals surface area contributed by atoms with Gasteiger partial charge < -0.3 is 24.8 Å². The number of amides is 1. The maximum atomic E-state index is 14.4. The molecular formula is C20H15BrF2N3O5PS. The number of thiophene rings is 1. The highest BCUT2D eigenvalue weighted by Crippen LogP contribution is 2.63. The number of ether oxygens (including phenoxy) is 1. The average molecular weight is 558 g/mol. The fraction of sp³-hybridized carbons (Fsp3) is 0.100. The number of aromatic nitrogens is 2. The van der Waals surface area contributed by atoms with Crippen LogP contribution in [0.15, 0.2) is 59.6 Å². The van der Waals surface area contributed by atoms with Gasteiger partial charge in [0.25, 0.3) is 0 Å². The molecule has 4 rings (SSSR count). The predicted octanol–water partition coefficient (Wildman–Crippen LogP) is 4.75. The van der Waals surface area contributed by atoms with E-state index in [-0.39, 0.29) is 32.5 Å². The summed E-state index contributed by atoms with van der Waals surface area (Å²) in [6.45, 7) is 0.0429. The van der Waals surface area contributed by atoms with E-state index in [1.165, 1.54) is 12.1 Å². The van der Waals surface area contributed by atoms with E-state index >= 15 is 0 Å². The number of fused-ring (bicyclic) bond motifs is 1. The molecule has 0 saturated heterocycles. The van der Waals surface area contributed by atoms with Crippen LogP contribution in [0, 0.1) is 0 Å². The fourth-order valence-electron chi connectivity index (χ4n) is 3.05. The second-order valence-corrected chi connectivity index (χ2v) is 10.4. The highest BCUT2D eigenvalue weighted by Gasteiger charge is 2.53. The molecule has 4 N–H and O–H groups in total. The van der Waals surface area contributed by atoms with Crippen LogP contribution in [0.5, 0.6) is 5.75 Å². The predicted molar refractivity (Wildman–Crippen MR) is 122 cm³/mol. The monoisotopic (exact) mass is 557 g/mol. The van der Waals surface area contributed by atoms with Crippen LogP contribution in [-0.4, -0.2) is 25.2 Å². The molecule has 0 aliphatic carbocycles.